The Morgan fingerprint density at radius 2 is 1.88 bits per heavy atom. The van der Waals surface area contributed by atoms with Crippen molar-refractivity contribution in [1.29, 1.82) is 0 Å². The molecule has 1 unspecified atom stereocenters. The van der Waals surface area contributed by atoms with Gasteiger partial charge >= 0.3 is 0 Å². The number of methoxy groups -OCH3 is 1. The van der Waals surface area contributed by atoms with E-state index in [0.29, 0.717) is 6.61 Å². The highest BCUT2D eigenvalue weighted by atomic mass is 16.5. The minimum absolute atomic E-state index is 0.225. The number of rotatable bonds is 6. The molecule has 0 saturated carbocycles. The Labute approximate surface area is 103 Å². The number of hydrogen-bond donors (Lipinski definition) is 2. The Morgan fingerprint density at radius 3 is 2.47 bits per heavy atom. The summed E-state index contributed by atoms with van der Waals surface area (Å²) in [5, 5.41) is 6.57. The summed E-state index contributed by atoms with van der Waals surface area (Å²) in [6, 6.07) is 0.225. The van der Waals surface area contributed by atoms with Gasteiger partial charge < -0.3 is 15.4 Å². The summed E-state index contributed by atoms with van der Waals surface area (Å²) < 4.78 is 5.10. The van der Waals surface area contributed by atoms with Crippen molar-refractivity contribution in [3.05, 3.63) is 11.4 Å². The van der Waals surface area contributed by atoms with Crippen molar-refractivity contribution in [2.75, 3.05) is 30.9 Å². The van der Waals surface area contributed by atoms with Crippen LogP contribution in [0.5, 0.6) is 0 Å². The van der Waals surface area contributed by atoms with Gasteiger partial charge in [0.1, 0.15) is 17.5 Å². The van der Waals surface area contributed by atoms with Gasteiger partial charge in [0.2, 0.25) is 0 Å². The van der Waals surface area contributed by atoms with Crippen molar-refractivity contribution in [2.24, 2.45) is 0 Å². The predicted octanol–water partition coefficient (Wildman–Crippen LogP) is 1.97. The molecule has 0 fully saturated rings. The Bertz CT molecular complexity index is 368. The van der Waals surface area contributed by atoms with Crippen LogP contribution in [0.3, 0.4) is 0 Å². The van der Waals surface area contributed by atoms with Gasteiger partial charge in [-0.05, 0) is 27.7 Å². The van der Waals surface area contributed by atoms with E-state index in [1.54, 1.807) is 7.11 Å². The summed E-state index contributed by atoms with van der Waals surface area (Å²) in [7, 11) is 1.69. The fraction of sp³-hybridized carbons (Fsp3) is 0.667. The van der Waals surface area contributed by atoms with Gasteiger partial charge in [-0.2, -0.15) is 0 Å². The fourth-order valence-corrected chi connectivity index (χ4v) is 1.63. The van der Waals surface area contributed by atoms with E-state index in [1.807, 2.05) is 13.8 Å². The SMILES string of the molecule is CCNc1nc(C)nc(NC(C)COC)c1C. The number of aryl methyl sites for hydroxylation is 1. The normalized spacial score (nSPS) is 12.3. The van der Waals surface area contributed by atoms with Crippen molar-refractivity contribution >= 4 is 11.6 Å². The van der Waals surface area contributed by atoms with Gasteiger partial charge in [0.05, 0.1) is 6.61 Å². The highest BCUT2D eigenvalue weighted by molar-refractivity contribution is 5.57. The monoisotopic (exact) mass is 238 g/mol. The van der Waals surface area contributed by atoms with E-state index in [1.165, 1.54) is 0 Å². The van der Waals surface area contributed by atoms with E-state index >= 15 is 0 Å². The third kappa shape index (κ3) is 3.85. The van der Waals surface area contributed by atoms with E-state index in [2.05, 4.69) is 34.4 Å². The van der Waals surface area contributed by atoms with Gasteiger partial charge in [0.25, 0.3) is 0 Å². The predicted molar refractivity (Wildman–Crippen MR) is 70.6 cm³/mol. The third-order valence-electron chi connectivity index (χ3n) is 2.40. The highest BCUT2D eigenvalue weighted by Gasteiger charge is 2.10. The molecule has 0 aliphatic carbocycles. The van der Waals surface area contributed by atoms with Crippen molar-refractivity contribution in [1.82, 2.24) is 9.97 Å². The molecule has 2 N–H and O–H groups in total. The molecule has 0 aliphatic rings. The molecule has 1 aromatic heterocycles. The van der Waals surface area contributed by atoms with Crippen molar-refractivity contribution in [3.63, 3.8) is 0 Å². The topological polar surface area (TPSA) is 59.1 Å². The first kappa shape index (κ1) is 13.7. The average Bonchev–Trinajstić information content (AvgIpc) is 2.25. The molecule has 5 nitrogen and oxygen atoms in total. The molecule has 1 aromatic rings. The van der Waals surface area contributed by atoms with E-state index in [0.717, 1.165) is 29.6 Å². The lowest BCUT2D eigenvalue weighted by atomic mass is 10.2. The van der Waals surface area contributed by atoms with Crippen LogP contribution in [0.4, 0.5) is 11.6 Å². The zero-order valence-electron chi connectivity index (χ0n) is 11.3. The maximum Gasteiger partial charge on any atom is 0.135 e. The molecule has 0 amide bonds. The molecule has 0 saturated heterocycles. The van der Waals surface area contributed by atoms with E-state index in [9.17, 15) is 0 Å². The molecule has 0 radical (unpaired) electrons. The molecule has 1 heterocycles. The molecule has 96 valence electrons. The largest absolute Gasteiger partial charge is 0.383 e. The van der Waals surface area contributed by atoms with Crippen LogP contribution in [0.15, 0.2) is 0 Å². The van der Waals surface area contributed by atoms with Gasteiger partial charge in [-0.1, -0.05) is 0 Å². The molecule has 0 aromatic carbocycles. The van der Waals surface area contributed by atoms with E-state index in [-0.39, 0.29) is 6.04 Å². The minimum Gasteiger partial charge on any atom is -0.383 e. The van der Waals surface area contributed by atoms with Gasteiger partial charge in [-0.15, -0.1) is 0 Å². The van der Waals surface area contributed by atoms with Crippen molar-refractivity contribution < 1.29 is 4.74 Å². The Kier molecular flexibility index (Phi) is 5.15. The van der Waals surface area contributed by atoms with Gasteiger partial charge in [0, 0.05) is 25.3 Å². The van der Waals surface area contributed by atoms with Crippen LogP contribution in [0.2, 0.25) is 0 Å². The Hall–Kier alpha value is -1.36. The Balaban J connectivity index is 2.90. The number of aromatic nitrogens is 2. The molecular weight excluding hydrogens is 216 g/mol. The summed E-state index contributed by atoms with van der Waals surface area (Å²) in [4.78, 5) is 8.80. The third-order valence-corrected chi connectivity index (χ3v) is 2.40. The lowest BCUT2D eigenvalue weighted by Gasteiger charge is -2.17. The molecule has 17 heavy (non-hydrogen) atoms. The second-order valence-electron chi connectivity index (χ2n) is 4.12. The van der Waals surface area contributed by atoms with Crippen LogP contribution < -0.4 is 10.6 Å². The maximum absolute atomic E-state index is 5.10. The van der Waals surface area contributed by atoms with Crippen molar-refractivity contribution in [3.8, 4) is 0 Å². The Morgan fingerprint density at radius 1 is 1.24 bits per heavy atom. The molecular formula is C12H22N4O. The molecule has 0 aliphatic heterocycles. The first-order valence-corrected chi connectivity index (χ1v) is 5.93. The lowest BCUT2D eigenvalue weighted by molar-refractivity contribution is 0.190. The van der Waals surface area contributed by atoms with E-state index in [4.69, 9.17) is 4.74 Å². The maximum atomic E-state index is 5.10. The van der Waals surface area contributed by atoms with Crippen LogP contribution in [-0.2, 0) is 4.74 Å². The smallest absolute Gasteiger partial charge is 0.135 e. The van der Waals surface area contributed by atoms with Crippen LogP contribution in [0.25, 0.3) is 0 Å². The summed E-state index contributed by atoms with van der Waals surface area (Å²) in [5.41, 5.74) is 1.04. The van der Waals surface area contributed by atoms with Gasteiger partial charge in [-0.3, -0.25) is 0 Å². The number of anilines is 2. The number of hydrogen-bond acceptors (Lipinski definition) is 5. The number of nitrogens with zero attached hydrogens (tertiary/aromatic N) is 2. The second kappa shape index (κ2) is 6.39. The minimum atomic E-state index is 0.225. The quantitative estimate of drug-likeness (QED) is 0.793. The van der Waals surface area contributed by atoms with E-state index < -0.39 is 0 Å². The summed E-state index contributed by atoms with van der Waals surface area (Å²) >= 11 is 0. The van der Waals surface area contributed by atoms with Crippen LogP contribution in [0, 0.1) is 13.8 Å². The number of nitrogens with one attached hydrogen (secondary N) is 2. The van der Waals surface area contributed by atoms with Gasteiger partial charge in [0.15, 0.2) is 0 Å². The van der Waals surface area contributed by atoms with Crippen LogP contribution >= 0.6 is 0 Å². The second-order valence-corrected chi connectivity index (χ2v) is 4.12. The van der Waals surface area contributed by atoms with Crippen molar-refractivity contribution in [2.45, 2.75) is 33.7 Å². The van der Waals surface area contributed by atoms with Crippen LogP contribution in [-0.4, -0.2) is 36.3 Å². The van der Waals surface area contributed by atoms with Crippen LogP contribution in [0.1, 0.15) is 25.2 Å². The first-order chi connectivity index (χ1) is 8.08. The zero-order valence-corrected chi connectivity index (χ0v) is 11.3. The number of ether oxygens (including phenoxy) is 1. The highest BCUT2D eigenvalue weighted by Crippen LogP contribution is 2.20. The molecule has 0 spiro atoms. The summed E-state index contributed by atoms with van der Waals surface area (Å²) in [5.74, 6) is 2.53. The van der Waals surface area contributed by atoms with Gasteiger partial charge in [-0.25, -0.2) is 9.97 Å². The lowest BCUT2D eigenvalue weighted by Crippen LogP contribution is -2.23. The molecule has 1 atom stereocenters. The summed E-state index contributed by atoms with van der Waals surface area (Å²) in [6.45, 7) is 9.53. The standard InChI is InChI=1S/C12H22N4O/c1-6-13-11-9(3)12(16-10(4)15-11)14-8(2)7-17-5/h8H,6-7H2,1-5H3,(H2,13,14,15,16). The summed E-state index contributed by atoms with van der Waals surface area (Å²) in [6.07, 6.45) is 0. The first-order valence-electron chi connectivity index (χ1n) is 5.93. The fourth-order valence-electron chi connectivity index (χ4n) is 1.63. The molecule has 5 heteroatoms. The molecule has 0 bridgehead atoms. The molecule has 1 rings (SSSR count). The zero-order chi connectivity index (χ0) is 12.8. The average molecular weight is 238 g/mol.